The van der Waals surface area contributed by atoms with Crippen molar-refractivity contribution >= 4 is 11.7 Å². The second kappa shape index (κ2) is 4.94. The average molecular weight is 223 g/mol. The molecule has 0 amide bonds. The van der Waals surface area contributed by atoms with Gasteiger partial charge in [-0.3, -0.25) is 0 Å². The second-order valence-electron chi connectivity index (χ2n) is 4.26. The Morgan fingerprint density at radius 2 is 2.31 bits per heavy atom. The highest BCUT2D eigenvalue weighted by Crippen LogP contribution is 2.10. The van der Waals surface area contributed by atoms with Crippen molar-refractivity contribution in [3.8, 4) is 0 Å². The molecule has 0 saturated heterocycles. The predicted molar refractivity (Wildman–Crippen MR) is 62.3 cm³/mol. The minimum Gasteiger partial charge on any atom is -0.464 e. The van der Waals surface area contributed by atoms with Crippen LogP contribution >= 0.6 is 0 Å². The highest BCUT2D eigenvalue weighted by molar-refractivity contribution is 5.88. The average Bonchev–Trinajstić information content (AvgIpc) is 2.25. The third-order valence-corrected chi connectivity index (χ3v) is 1.90. The number of ether oxygens (including phenoxy) is 1. The van der Waals surface area contributed by atoms with Crippen LogP contribution in [0.2, 0.25) is 0 Å². The largest absolute Gasteiger partial charge is 0.464 e. The van der Waals surface area contributed by atoms with Gasteiger partial charge in [-0.1, -0.05) is 0 Å². The van der Waals surface area contributed by atoms with E-state index < -0.39 is 5.97 Å². The van der Waals surface area contributed by atoms with Crippen LogP contribution in [0.5, 0.6) is 0 Å². The number of aromatic nitrogens is 1. The number of nitrogens with two attached hydrogens (primary N) is 1. The van der Waals surface area contributed by atoms with Gasteiger partial charge in [0.1, 0.15) is 5.69 Å². The zero-order valence-electron chi connectivity index (χ0n) is 9.78. The fourth-order valence-corrected chi connectivity index (χ4v) is 1.09. The first kappa shape index (κ1) is 12.4. The molecule has 0 spiro atoms. The standard InChI is InChI=1S/C11H17N3O2/c1-11(2,12)7-14-8-4-5-13-9(6-8)10(15)16-3/h4-6H,7,12H2,1-3H3,(H,13,14). The predicted octanol–water partition coefficient (Wildman–Crippen LogP) is 1.02. The van der Waals surface area contributed by atoms with Gasteiger partial charge in [0.05, 0.1) is 7.11 Å². The molecular weight excluding hydrogens is 206 g/mol. The molecule has 5 heteroatoms. The van der Waals surface area contributed by atoms with Crippen LogP contribution in [0, 0.1) is 0 Å². The van der Waals surface area contributed by atoms with E-state index >= 15 is 0 Å². The molecule has 3 N–H and O–H groups in total. The van der Waals surface area contributed by atoms with Gasteiger partial charge in [-0.2, -0.15) is 0 Å². The molecule has 1 aromatic rings. The number of carbonyl (C=O) groups excluding carboxylic acids is 1. The van der Waals surface area contributed by atoms with Crippen molar-refractivity contribution < 1.29 is 9.53 Å². The third kappa shape index (κ3) is 3.86. The molecular formula is C11H17N3O2. The molecule has 0 aliphatic heterocycles. The van der Waals surface area contributed by atoms with Crippen molar-refractivity contribution in [1.29, 1.82) is 0 Å². The van der Waals surface area contributed by atoms with E-state index in [0.717, 1.165) is 5.69 Å². The van der Waals surface area contributed by atoms with E-state index in [2.05, 4.69) is 15.0 Å². The van der Waals surface area contributed by atoms with Gasteiger partial charge in [-0.25, -0.2) is 9.78 Å². The lowest BCUT2D eigenvalue weighted by molar-refractivity contribution is 0.0594. The van der Waals surface area contributed by atoms with Crippen molar-refractivity contribution in [2.75, 3.05) is 19.0 Å². The maximum Gasteiger partial charge on any atom is 0.356 e. The Balaban J connectivity index is 2.71. The molecule has 0 aliphatic rings. The summed E-state index contributed by atoms with van der Waals surface area (Å²) < 4.78 is 4.58. The normalized spacial score (nSPS) is 11.0. The zero-order chi connectivity index (χ0) is 12.2. The number of hydrogen-bond donors (Lipinski definition) is 2. The zero-order valence-corrected chi connectivity index (χ0v) is 9.78. The molecule has 0 unspecified atom stereocenters. The van der Waals surface area contributed by atoms with Crippen LogP contribution in [0.1, 0.15) is 24.3 Å². The second-order valence-corrected chi connectivity index (χ2v) is 4.26. The topological polar surface area (TPSA) is 77.2 Å². The first-order valence-corrected chi connectivity index (χ1v) is 4.99. The Labute approximate surface area is 95.0 Å². The minimum atomic E-state index is -0.448. The van der Waals surface area contributed by atoms with Gasteiger partial charge in [0.15, 0.2) is 0 Å². The minimum absolute atomic E-state index is 0.280. The van der Waals surface area contributed by atoms with Crippen molar-refractivity contribution in [1.82, 2.24) is 4.98 Å². The van der Waals surface area contributed by atoms with Crippen LogP contribution in [-0.4, -0.2) is 30.1 Å². The summed E-state index contributed by atoms with van der Waals surface area (Å²) in [7, 11) is 1.33. The summed E-state index contributed by atoms with van der Waals surface area (Å²) in [4.78, 5) is 15.1. The number of rotatable bonds is 4. The summed E-state index contributed by atoms with van der Waals surface area (Å²) in [5, 5.41) is 3.13. The van der Waals surface area contributed by atoms with Crippen molar-refractivity contribution in [2.45, 2.75) is 19.4 Å². The van der Waals surface area contributed by atoms with Gasteiger partial charge in [-0.05, 0) is 26.0 Å². The highest BCUT2D eigenvalue weighted by atomic mass is 16.5. The van der Waals surface area contributed by atoms with Crippen LogP contribution in [0.4, 0.5) is 5.69 Å². The van der Waals surface area contributed by atoms with Crippen LogP contribution in [0.15, 0.2) is 18.3 Å². The lowest BCUT2D eigenvalue weighted by atomic mass is 10.1. The quantitative estimate of drug-likeness (QED) is 0.745. The van der Waals surface area contributed by atoms with Crippen molar-refractivity contribution in [3.05, 3.63) is 24.0 Å². The smallest absolute Gasteiger partial charge is 0.356 e. The Hall–Kier alpha value is -1.62. The van der Waals surface area contributed by atoms with Crippen LogP contribution in [0.25, 0.3) is 0 Å². The SMILES string of the molecule is COC(=O)c1cc(NCC(C)(C)N)ccn1. The molecule has 0 bridgehead atoms. The molecule has 16 heavy (non-hydrogen) atoms. The maximum absolute atomic E-state index is 11.2. The number of esters is 1. The van der Waals surface area contributed by atoms with Gasteiger partial charge in [0, 0.05) is 24.0 Å². The Morgan fingerprint density at radius 3 is 2.88 bits per heavy atom. The summed E-state index contributed by atoms with van der Waals surface area (Å²) in [6.45, 7) is 4.45. The van der Waals surface area contributed by atoms with Gasteiger partial charge >= 0.3 is 5.97 Å². The highest BCUT2D eigenvalue weighted by Gasteiger charge is 2.11. The summed E-state index contributed by atoms with van der Waals surface area (Å²) in [5.41, 5.74) is 6.61. The molecule has 0 aromatic carbocycles. The molecule has 1 aromatic heterocycles. The molecule has 0 radical (unpaired) electrons. The number of hydrogen-bond acceptors (Lipinski definition) is 5. The van der Waals surface area contributed by atoms with Gasteiger partial charge in [0.25, 0.3) is 0 Å². The van der Waals surface area contributed by atoms with E-state index in [1.807, 2.05) is 13.8 Å². The molecule has 1 rings (SSSR count). The molecule has 0 saturated carbocycles. The summed E-state index contributed by atoms with van der Waals surface area (Å²) in [6.07, 6.45) is 1.55. The number of carbonyl (C=O) groups is 1. The van der Waals surface area contributed by atoms with Gasteiger partial charge in [-0.15, -0.1) is 0 Å². The van der Waals surface area contributed by atoms with E-state index in [1.165, 1.54) is 7.11 Å². The molecule has 1 heterocycles. The molecule has 5 nitrogen and oxygen atoms in total. The van der Waals surface area contributed by atoms with Crippen LogP contribution in [0.3, 0.4) is 0 Å². The number of nitrogens with one attached hydrogen (secondary N) is 1. The monoisotopic (exact) mass is 223 g/mol. The first-order valence-electron chi connectivity index (χ1n) is 4.99. The number of pyridine rings is 1. The summed E-state index contributed by atoms with van der Waals surface area (Å²) in [5.74, 6) is -0.448. The number of methoxy groups -OCH3 is 1. The fraction of sp³-hybridized carbons (Fsp3) is 0.455. The van der Waals surface area contributed by atoms with Crippen LogP contribution in [-0.2, 0) is 4.74 Å². The Morgan fingerprint density at radius 1 is 1.62 bits per heavy atom. The van der Waals surface area contributed by atoms with E-state index in [9.17, 15) is 4.79 Å². The van der Waals surface area contributed by atoms with Gasteiger partial charge in [0.2, 0.25) is 0 Å². The number of anilines is 1. The Bertz CT molecular complexity index is 372. The molecule has 0 fully saturated rings. The molecule has 88 valence electrons. The van der Waals surface area contributed by atoms with E-state index in [4.69, 9.17) is 5.73 Å². The van der Waals surface area contributed by atoms with Crippen LogP contribution < -0.4 is 11.1 Å². The first-order chi connectivity index (χ1) is 7.42. The van der Waals surface area contributed by atoms with E-state index in [-0.39, 0.29) is 11.2 Å². The maximum atomic E-state index is 11.2. The Kier molecular flexibility index (Phi) is 3.84. The van der Waals surface area contributed by atoms with Gasteiger partial charge < -0.3 is 15.8 Å². The van der Waals surface area contributed by atoms with Crippen molar-refractivity contribution in [3.63, 3.8) is 0 Å². The summed E-state index contributed by atoms with van der Waals surface area (Å²) in [6, 6.07) is 3.41. The van der Waals surface area contributed by atoms with E-state index in [1.54, 1.807) is 18.3 Å². The van der Waals surface area contributed by atoms with Crippen molar-refractivity contribution in [2.24, 2.45) is 5.73 Å². The lowest BCUT2D eigenvalue weighted by Gasteiger charge is -2.19. The lowest BCUT2D eigenvalue weighted by Crippen LogP contribution is -2.39. The molecule has 0 atom stereocenters. The number of nitrogens with zero attached hydrogens (tertiary/aromatic N) is 1. The fourth-order valence-electron chi connectivity index (χ4n) is 1.09. The molecule has 0 aliphatic carbocycles. The third-order valence-electron chi connectivity index (χ3n) is 1.90. The summed E-state index contributed by atoms with van der Waals surface area (Å²) >= 11 is 0. The van der Waals surface area contributed by atoms with E-state index in [0.29, 0.717) is 6.54 Å².